The third kappa shape index (κ3) is 30.1. The Morgan fingerprint density at radius 1 is 0.486 bits per heavy atom. The van der Waals surface area contributed by atoms with Crippen LogP contribution in [0.5, 0.6) is 0 Å². The minimum atomic E-state index is -1.79. The summed E-state index contributed by atoms with van der Waals surface area (Å²) < 4.78 is 22.7. The molecule has 422 valence electrons. The van der Waals surface area contributed by atoms with E-state index in [1.807, 2.05) is 6.08 Å². The lowest BCUT2D eigenvalue weighted by atomic mass is 9.97. The largest absolute Gasteiger partial charge is 0.394 e. The third-order valence-electron chi connectivity index (χ3n) is 14.3. The molecule has 0 radical (unpaired) electrons. The minimum absolute atomic E-state index is 0.249. The number of aliphatic hydroxyl groups excluding tert-OH is 8. The molecule has 14 heteroatoms. The van der Waals surface area contributed by atoms with Crippen LogP contribution in [0.3, 0.4) is 0 Å². The number of unbranched alkanes of at least 4 members (excludes halogenated alkanes) is 29. The molecular formula is C58H107NO13. The maximum Gasteiger partial charge on any atom is 0.220 e. The summed E-state index contributed by atoms with van der Waals surface area (Å²) >= 11 is 0. The average molecular weight is 1030 g/mol. The van der Waals surface area contributed by atoms with E-state index >= 15 is 0 Å². The highest BCUT2D eigenvalue weighted by atomic mass is 16.7. The molecule has 2 rings (SSSR count). The molecule has 14 nitrogen and oxygen atoms in total. The SMILES string of the molecule is CCCCCCCCC/C=C/CC/C=C/C(O)C(COC1OC(CO)C(OC2OC(CO)C(O)C(O)C2O)C(O)C1O)NC(=O)CCCCCCCCCCCCCCC/C=C\CCCCCCCCCC. The van der Waals surface area contributed by atoms with E-state index in [4.69, 9.17) is 18.9 Å². The Morgan fingerprint density at radius 2 is 0.889 bits per heavy atom. The van der Waals surface area contributed by atoms with E-state index in [0.29, 0.717) is 12.8 Å². The van der Waals surface area contributed by atoms with Gasteiger partial charge < -0.3 is 65.1 Å². The van der Waals surface area contributed by atoms with E-state index in [1.165, 1.54) is 167 Å². The standard InChI is InChI=1S/C58H107NO13/c1-3-5-7-9-11-13-15-17-18-19-20-21-22-23-24-25-26-27-28-30-32-34-36-38-40-42-50(63)59-46(47(62)41-39-37-35-33-31-29-16-14-12-10-8-6-4-2)45-69-57-55(68)53(66)56(49(44-61)71-57)72-58-54(67)52(65)51(64)48(43-60)70-58/h19-20,31,33,39,41,46-49,51-58,60-62,64-68H,3-18,21-30,32,34-38,40,42-45H2,1-2H3,(H,59,63)/b20-19-,33-31+,41-39+. The van der Waals surface area contributed by atoms with Gasteiger partial charge in [0.15, 0.2) is 12.6 Å². The summed E-state index contributed by atoms with van der Waals surface area (Å²) in [5.74, 6) is -0.249. The first-order chi connectivity index (χ1) is 35.1. The molecule has 72 heavy (non-hydrogen) atoms. The van der Waals surface area contributed by atoms with Gasteiger partial charge in [-0.25, -0.2) is 0 Å². The number of carbonyl (C=O) groups is 1. The van der Waals surface area contributed by atoms with Crippen molar-refractivity contribution in [1.29, 1.82) is 0 Å². The summed E-state index contributed by atoms with van der Waals surface area (Å²) in [5, 5.41) is 86.9. The quantitative estimate of drug-likeness (QED) is 0.0205. The van der Waals surface area contributed by atoms with Crippen LogP contribution in [-0.2, 0) is 23.7 Å². The number of ether oxygens (including phenoxy) is 4. The number of carbonyl (C=O) groups excluding carboxylic acids is 1. The Morgan fingerprint density at radius 3 is 1.36 bits per heavy atom. The first kappa shape index (κ1) is 66.3. The van der Waals surface area contributed by atoms with Gasteiger partial charge in [-0.05, 0) is 57.8 Å². The van der Waals surface area contributed by atoms with E-state index in [2.05, 4.69) is 43.5 Å². The molecule has 12 atom stereocenters. The highest BCUT2D eigenvalue weighted by molar-refractivity contribution is 5.76. The molecule has 2 heterocycles. The molecule has 2 saturated heterocycles. The molecule has 12 unspecified atom stereocenters. The van der Waals surface area contributed by atoms with Crippen LogP contribution in [0.15, 0.2) is 36.5 Å². The van der Waals surface area contributed by atoms with Gasteiger partial charge in [0.2, 0.25) is 5.91 Å². The van der Waals surface area contributed by atoms with Crippen molar-refractivity contribution in [2.75, 3.05) is 19.8 Å². The van der Waals surface area contributed by atoms with Crippen molar-refractivity contribution in [1.82, 2.24) is 5.32 Å². The van der Waals surface area contributed by atoms with Crippen LogP contribution < -0.4 is 5.32 Å². The second-order valence-corrected chi connectivity index (χ2v) is 20.8. The summed E-state index contributed by atoms with van der Waals surface area (Å²) in [5.41, 5.74) is 0. The Balaban J connectivity index is 1.73. The zero-order chi connectivity index (χ0) is 52.4. The molecule has 1 amide bonds. The number of aliphatic hydroxyl groups is 8. The molecule has 2 fully saturated rings. The number of amides is 1. The summed E-state index contributed by atoms with van der Waals surface area (Å²) in [6.07, 6.45) is 36.2. The maximum atomic E-state index is 13.2. The number of allylic oxidation sites excluding steroid dienone is 5. The monoisotopic (exact) mass is 1030 g/mol. The van der Waals surface area contributed by atoms with E-state index in [0.717, 1.165) is 32.1 Å². The van der Waals surface area contributed by atoms with Crippen molar-refractivity contribution >= 4 is 5.91 Å². The van der Waals surface area contributed by atoms with E-state index < -0.39 is 86.8 Å². The molecule has 9 N–H and O–H groups in total. The van der Waals surface area contributed by atoms with Gasteiger partial charge in [0.25, 0.3) is 0 Å². The van der Waals surface area contributed by atoms with Gasteiger partial charge >= 0.3 is 0 Å². The molecule has 0 aromatic rings. The van der Waals surface area contributed by atoms with Gasteiger partial charge in [0.05, 0.1) is 32.0 Å². The summed E-state index contributed by atoms with van der Waals surface area (Å²) in [6, 6.07) is -0.929. The van der Waals surface area contributed by atoms with Crippen LogP contribution in [0.4, 0.5) is 0 Å². The average Bonchev–Trinajstić information content (AvgIpc) is 3.38. The fourth-order valence-corrected chi connectivity index (χ4v) is 9.54. The van der Waals surface area contributed by atoms with Crippen LogP contribution in [0.25, 0.3) is 0 Å². The number of nitrogens with one attached hydrogen (secondary N) is 1. The predicted molar refractivity (Wildman–Crippen MR) is 286 cm³/mol. The second-order valence-electron chi connectivity index (χ2n) is 20.8. The van der Waals surface area contributed by atoms with Gasteiger partial charge in [-0.15, -0.1) is 0 Å². The zero-order valence-corrected chi connectivity index (χ0v) is 45.2. The lowest BCUT2D eigenvalue weighted by Gasteiger charge is -2.46. The highest BCUT2D eigenvalue weighted by Gasteiger charge is 2.51. The fourth-order valence-electron chi connectivity index (χ4n) is 9.54. The summed E-state index contributed by atoms with van der Waals surface area (Å²) in [4.78, 5) is 13.2. The topological polar surface area (TPSA) is 228 Å². The molecule has 0 bridgehead atoms. The summed E-state index contributed by atoms with van der Waals surface area (Å²) in [7, 11) is 0. The van der Waals surface area contributed by atoms with Crippen molar-refractivity contribution in [2.45, 2.75) is 306 Å². The van der Waals surface area contributed by atoms with Crippen molar-refractivity contribution in [3.05, 3.63) is 36.5 Å². The van der Waals surface area contributed by atoms with Crippen LogP contribution in [0, 0.1) is 0 Å². The lowest BCUT2D eigenvalue weighted by Crippen LogP contribution is -2.65. The minimum Gasteiger partial charge on any atom is -0.394 e. The van der Waals surface area contributed by atoms with Gasteiger partial charge in [0.1, 0.15) is 48.8 Å². The maximum absolute atomic E-state index is 13.2. The van der Waals surface area contributed by atoms with Crippen molar-refractivity contribution in [3.63, 3.8) is 0 Å². The molecule has 0 aromatic heterocycles. The van der Waals surface area contributed by atoms with Gasteiger partial charge in [-0.1, -0.05) is 204 Å². The van der Waals surface area contributed by atoms with Gasteiger partial charge in [-0.2, -0.15) is 0 Å². The fraction of sp³-hybridized carbons (Fsp3) is 0.879. The molecular weight excluding hydrogens is 919 g/mol. The second kappa shape index (κ2) is 44.3. The molecule has 2 aliphatic heterocycles. The van der Waals surface area contributed by atoms with Crippen molar-refractivity contribution < 1.29 is 64.6 Å². The number of hydrogen-bond acceptors (Lipinski definition) is 13. The zero-order valence-electron chi connectivity index (χ0n) is 45.2. The smallest absolute Gasteiger partial charge is 0.220 e. The van der Waals surface area contributed by atoms with Crippen LogP contribution in [0.1, 0.15) is 232 Å². The van der Waals surface area contributed by atoms with Crippen LogP contribution >= 0.6 is 0 Å². The van der Waals surface area contributed by atoms with Crippen LogP contribution in [0.2, 0.25) is 0 Å². The van der Waals surface area contributed by atoms with Crippen molar-refractivity contribution in [3.8, 4) is 0 Å². The highest BCUT2D eigenvalue weighted by Crippen LogP contribution is 2.30. The Labute approximate surface area is 436 Å². The molecule has 0 saturated carbocycles. The van der Waals surface area contributed by atoms with E-state index in [-0.39, 0.29) is 18.9 Å². The first-order valence-corrected chi connectivity index (χ1v) is 29.2. The Kier molecular flexibility index (Phi) is 40.9. The van der Waals surface area contributed by atoms with Crippen molar-refractivity contribution in [2.24, 2.45) is 0 Å². The van der Waals surface area contributed by atoms with Gasteiger partial charge in [0, 0.05) is 6.42 Å². The van der Waals surface area contributed by atoms with E-state index in [1.54, 1.807) is 6.08 Å². The van der Waals surface area contributed by atoms with E-state index in [9.17, 15) is 45.6 Å². The number of hydrogen-bond donors (Lipinski definition) is 9. The normalized spacial score (nSPS) is 25.8. The van der Waals surface area contributed by atoms with Gasteiger partial charge in [-0.3, -0.25) is 4.79 Å². The number of rotatable bonds is 46. The Bertz CT molecular complexity index is 1350. The first-order valence-electron chi connectivity index (χ1n) is 29.2. The predicted octanol–water partition coefficient (Wildman–Crippen LogP) is 9.44. The van der Waals surface area contributed by atoms with Crippen LogP contribution in [-0.4, -0.2) is 140 Å². The Hall–Kier alpha value is -1.79. The lowest BCUT2D eigenvalue weighted by molar-refractivity contribution is -0.359. The molecule has 0 aliphatic carbocycles. The third-order valence-corrected chi connectivity index (χ3v) is 14.3. The molecule has 0 spiro atoms. The summed E-state index contributed by atoms with van der Waals surface area (Å²) in [6.45, 7) is 2.77. The molecule has 0 aromatic carbocycles. The molecule has 2 aliphatic rings.